The Labute approximate surface area is 133 Å². The highest BCUT2D eigenvalue weighted by atomic mass is 79.9. The molecule has 3 nitrogen and oxygen atoms in total. The summed E-state index contributed by atoms with van der Waals surface area (Å²) in [7, 11) is 0. The van der Waals surface area contributed by atoms with Gasteiger partial charge in [-0.3, -0.25) is 0 Å². The van der Waals surface area contributed by atoms with Crippen LogP contribution in [0.1, 0.15) is 5.56 Å². The van der Waals surface area contributed by atoms with E-state index in [4.69, 9.17) is 4.52 Å². The van der Waals surface area contributed by atoms with E-state index in [1.165, 1.54) is 30.3 Å². The Morgan fingerprint density at radius 1 is 1.14 bits per heavy atom. The predicted octanol–water partition coefficient (Wildman–Crippen LogP) is 4.54. The van der Waals surface area contributed by atoms with E-state index >= 15 is 0 Å². The smallest absolute Gasteiger partial charge is 0.175 e. The molecule has 3 aromatic rings. The van der Waals surface area contributed by atoms with E-state index in [1.807, 2.05) is 0 Å². The fraction of sp³-hybridized carbons (Fsp3) is 0.0625. The van der Waals surface area contributed by atoms with Crippen molar-refractivity contribution in [2.45, 2.75) is 6.61 Å². The second-order valence-electron chi connectivity index (χ2n) is 4.63. The molecule has 1 aromatic heterocycles. The molecule has 1 N–H and O–H groups in total. The highest BCUT2D eigenvalue weighted by molar-refractivity contribution is 9.10. The van der Waals surface area contributed by atoms with Gasteiger partial charge in [0.2, 0.25) is 0 Å². The SMILES string of the molecule is OCc1c(-c2cccc(F)c2)noc1-c1cc(Br)ccc1F. The third-order valence-corrected chi connectivity index (χ3v) is 3.71. The molecule has 0 saturated carbocycles. The van der Waals surface area contributed by atoms with Crippen LogP contribution in [0.5, 0.6) is 0 Å². The fourth-order valence-corrected chi connectivity index (χ4v) is 2.56. The summed E-state index contributed by atoms with van der Waals surface area (Å²) in [6.07, 6.45) is 0. The monoisotopic (exact) mass is 365 g/mol. The third kappa shape index (κ3) is 2.67. The van der Waals surface area contributed by atoms with Gasteiger partial charge in [-0.05, 0) is 30.3 Å². The first-order valence-electron chi connectivity index (χ1n) is 6.41. The summed E-state index contributed by atoms with van der Waals surface area (Å²) in [6, 6.07) is 10.1. The Morgan fingerprint density at radius 3 is 2.68 bits per heavy atom. The zero-order chi connectivity index (χ0) is 15.7. The molecular formula is C16H10BrF2NO2. The molecule has 0 atom stereocenters. The van der Waals surface area contributed by atoms with Crippen molar-refractivity contribution in [3.63, 3.8) is 0 Å². The summed E-state index contributed by atoms with van der Waals surface area (Å²) >= 11 is 3.26. The molecule has 0 aliphatic rings. The van der Waals surface area contributed by atoms with Gasteiger partial charge in [-0.1, -0.05) is 33.2 Å². The number of hydrogen-bond donors (Lipinski definition) is 1. The van der Waals surface area contributed by atoms with Crippen molar-refractivity contribution < 1.29 is 18.4 Å². The Morgan fingerprint density at radius 2 is 1.95 bits per heavy atom. The van der Waals surface area contributed by atoms with Crippen LogP contribution in [-0.2, 0) is 6.61 Å². The van der Waals surface area contributed by atoms with E-state index in [1.54, 1.807) is 12.1 Å². The van der Waals surface area contributed by atoms with Crippen LogP contribution in [0.25, 0.3) is 22.6 Å². The molecule has 0 spiro atoms. The summed E-state index contributed by atoms with van der Waals surface area (Å²) in [6.45, 7) is -0.406. The van der Waals surface area contributed by atoms with Gasteiger partial charge >= 0.3 is 0 Å². The quantitative estimate of drug-likeness (QED) is 0.740. The van der Waals surface area contributed by atoms with Crippen LogP contribution >= 0.6 is 15.9 Å². The average Bonchev–Trinajstić information content (AvgIpc) is 2.93. The first-order chi connectivity index (χ1) is 10.6. The van der Waals surface area contributed by atoms with Crippen LogP contribution in [0.3, 0.4) is 0 Å². The van der Waals surface area contributed by atoms with E-state index in [9.17, 15) is 13.9 Å². The van der Waals surface area contributed by atoms with Gasteiger partial charge in [0.05, 0.1) is 17.7 Å². The van der Waals surface area contributed by atoms with Crippen molar-refractivity contribution in [1.82, 2.24) is 5.16 Å². The molecule has 0 amide bonds. The molecule has 112 valence electrons. The lowest BCUT2D eigenvalue weighted by molar-refractivity contribution is 0.281. The van der Waals surface area contributed by atoms with E-state index in [-0.39, 0.29) is 17.0 Å². The van der Waals surface area contributed by atoms with Gasteiger partial charge in [-0.2, -0.15) is 0 Å². The van der Waals surface area contributed by atoms with Gasteiger partial charge in [-0.25, -0.2) is 8.78 Å². The third-order valence-electron chi connectivity index (χ3n) is 3.22. The van der Waals surface area contributed by atoms with Crippen LogP contribution in [-0.4, -0.2) is 10.3 Å². The minimum absolute atomic E-state index is 0.126. The molecule has 1 heterocycles. The molecule has 0 aliphatic carbocycles. The van der Waals surface area contributed by atoms with Gasteiger partial charge in [0.1, 0.15) is 17.3 Å². The number of aliphatic hydroxyl groups is 1. The van der Waals surface area contributed by atoms with E-state index < -0.39 is 18.2 Å². The highest BCUT2D eigenvalue weighted by Gasteiger charge is 2.21. The normalized spacial score (nSPS) is 10.9. The van der Waals surface area contributed by atoms with Crippen molar-refractivity contribution in [3.8, 4) is 22.6 Å². The summed E-state index contributed by atoms with van der Waals surface area (Å²) in [5.74, 6) is -0.806. The second-order valence-corrected chi connectivity index (χ2v) is 5.55. The number of halogens is 3. The standard InChI is InChI=1S/C16H10BrF2NO2/c17-10-4-5-14(19)12(7-10)16-13(8-21)15(20-22-16)9-2-1-3-11(18)6-9/h1-7,21H,8H2. The van der Waals surface area contributed by atoms with Crippen molar-refractivity contribution in [3.05, 3.63) is 64.1 Å². The summed E-state index contributed by atoms with van der Waals surface area (Å²) in [4.78, 5) is 0. The molecule has 0 aliphatic heterocycles. The van der Waals surface area contributed by atoms with Crippen LogP contribution in [0.4, 0.5) is 8.78 Å². The van der Waals surface area contributed by atoms with Gasteiger partial charge in [0.25, 0.3) is 0 Å². The summed E-state index contributed by atoms with van der Waals surface area (Å²) in [5.41, 5.74) is 1.22. The molecule has 0 saturated heterocycles. The van der Waals surface area contributed by atoms with Crippen LogP contribution in [0.15, 0.2) is 51.5 Å². The minimum Gasteiger partial charge on any atom is -0.391 e. The number of rotatable bonds is 3. The van der Waals surface area contributed by atoms with Gasteiger partial charge in [0.15, 0.2) is 5.76 Å². The van der Waals surface area contributed by atoms with Crippen LogP contribution in [0.2, 0.25) is 0 Å². The minimum atomic E-state index is -0.500. The number of benzene rings is 2. The van der Waals surface area contributed by atoms with Gasteiger partial charge in [0, 0.05) is 10.0 Å². The van der Waals surface area contributed by atoms with Crippen LogP contribution in [0, 0.1) is 11.6 Å². The van der Waals surface area contributed by atoms with Crippen molar-refractivity contribution in [2.75, 3.05) is 0 Å². The Balaban J connectivity index is 2.17. The van der Waals surface area contributed by atoms with Crippen molar-refractivity contribution in [1.29, 1.82) is 0 Å². The number of aliphatic hydroxyl groups excluding tert-OH is 1. The zero-order valence-corrected chi connectivity index (χ0v) is 12.8. The number of aromatic nitrogens is 1. The first kappa shape index (κ1) is 14.9. The number of hydrogen-bond acceptors (Lipinski definition) is 3. The fourth-order valence-electron chi connectivity index (χ4n) is 2.20. The Bertz CT molecular complexity index is 833. The highest BCUT2D eigenvalue weighted by Crippen LogP contribution is 2.34. The maximum atomic E-state index is 14.0. The topological polar surface area (TPSA) is 46.3 Å². The second kappa shape index (κ2) is 5.98. The van der Waals surface area contributed by atoms with Crippen molar-refractivity contribution in [2.24, 2.45) is 0 Å². The lowest BCUT2D eigenvalue weighted by Gasteiger charge is -2.03. The van der Waals surface area contributed by atoms with Gasteiger partial charge in [-0.15, -0.1) is 0 Å². The summed E-state index contributed by atoms with van der Waals surface area (Å²) < 4.78 is 33.2. The van der Waals surface area contributed by atoms with E-state index in [0.717, 1.165) is 0 Å². The van der Waals surface area contributed by atoms with Gasteiger partial charge < -0.3 is 9.63 Å². The molecule has 2 aromatic carbocycles. The lowest BCUT2D eigenvalue weighted by Crippen LogP contribution is -1.91. The maximum absolute atomic E-state index is 14.0. The first-order valence-corrected chi connectivity index (χ1v) is 7.20. The summed E-state index contributed by atoms with van der Waals surface area (Å²) in [5, 5.41) is 13.5. The average molecular weight is 366 g/mol. The van der Waals surface area contributed by atoms with Crippen LogP contribution < -0.4 is 0 Å². The molecule has 0 bridgehead atoms. The largest absolute Gasteiger partial charge is 0.391 e. The lowest BCUT2D eigenvalue weighted by atomic mass is 10.0. The zero-order valence-electron chi connectivity index (χ0n) is 11.2. The predicted molar refractivity (Wildman–Crippen MR) is 80.9 cm³/mol. The molecular weight excluding hydrogens is 356 g/mol. The van der Waals surface area contributed by atoms with Crippen molar-refractivity contribution >= 4 is 15.9 Å². The molecule has 0 unspecified atom stereocenters. The molecule has 6 heteroatoms. The Hall–Kier alpha value is -2.05. The Kier molecular flexibility index (Phi) is 4.04. The molecule has 0 radical (unpaired) electrons. The molecule has 0 fully saturated rings. The van der Waals surface area contributed by atoms with E-state index in [2.05, 4.69) is 21.1 Å². The number of nitrogens with zero attached hydrogens (tertiary/aromatic N) is 1. The van der Waals surface area contributed by atoms with E-state index in [0.29, 0.717) is 15.6 Å². The molecule has 3 rings (SSSR count). The maximum Gasteiger partial charge on any atom is 0.175 e. The molecule has 22 heavy (non-hydrogen) atoms.